The molecule has 3 N–H and O–H groups in total. The molecule has 0 unspecified atom stereocenters. The molecule has 0 saturated carbocycles. The van der Waals surface area contributed by atoms with Gasteiger partial charge in [0.25, 0.3) is 5.91 Å². The van der Waals surface area contributed by atoms with Crippen LogP contribution in [0.2, 0.25) is 0 Å². The number of fused-ring (bicyclic) bond motifs is 1. The number of nitrogens with two attached hydrogens (primary N) is 1. The first kappa shape index (κ1) is 20.3. The number of amides is 1. The molecule has 0 saturated heterocycles. The molecule has 4 rings (SSSR count). The van der Waals surface area contributed by atoms with E-state index in [0.717, 1.165) is 33.3 Å². The Hall–Kier alpha value is -4.00. The summed E-state index contributed by atoms with van der Waals surface area (Å²) in [5.41, 5.74) is 9.44. The van der Waals surface area contributed by atoms with Crippen LogP contribution >= 0.6 is 0 Å². The monoisotopic (exact) mass is 412 g/mol. The summed E-state index contributed by atoms with van der Waals surface area (Å²) < 4.78 is 0. The van der Waals surface area contributed by atoms with Crippen LogP contribution in [0.3, 0.4) is 0 Å². The molecule has 1 amide bonds. The highest BCUT2D eigenvalue weighted by Crippen LogP contribution is 2.20. The van der Waals surface area contributed by atoms with Crippen molar-refractivity contribution in [1.82, 2.24) is 20.3 Å². The first-order valence-corrected chi connectivity index (χ1v) is 9.97. The number of anilines is 2. The van der Waals surface area contributed by atoms with E-state index in [1.165, 1.54) is 0 Å². The molecular formula is C24H24N6O. The molecule has 0 spiro atoms. The second kappa shape index (κ2) is 8.79. The third-order valence-corrected chi connectivity index (χ3v) is 5.05. The van der Waals surface area contributed by atoms with Gasteiger partial charge in [-0.15, -0.1) is 0 Å². The number of pyridine rings is 3. The Kier molecular flexibility index (Phi) is 5.75. The Morgan fingerprint density at radius 2 is 1.81 bits per heavy atom. The number of benzene rings is 1. The summed E-state index contributed by atoms with van der Waals surface area (Å²) in [6.45, 7) is 0.414. The summed E-state index contributed by atoms with van der Waals surface area (Å²) in [7, 11) is 3.91. The van der Waals surface area contributed by atoms with Crippen LogP contribution in [0.4, 0.5) is 11.6 Å². The van der Waals surface area contributed by atoms with Crippen molar-refractivity contribution in [2.45, 2.75) is 13.0 Å². The summed E-state index contributed by atoms with van der Waals surface area (Å²) in [5, 5.41) is 4.86. The minimum absolute atomic E-state index is 0.162. The van der Waals surface area contributed by atoms with Crippen LogP contribution in [-0.2, 0) is 13.0 Å². The van der Waals surface area contributed by atoms with E-state index in [1.807, 2.05) is 67.7 Å². The zero-order valence-corrected chi connectivity index (χ0v) is 17.5. The maximum atomic E-state index is 12.7. The number of carbonyl (C=O) groups excluding carboxylic acids is 1. The van der Waals surface area contributed by atoms with E-state index >= 15 is 0 Å². The fraction of sp³-hybridized carbons (Fsp3) is 0.167. The predicted molar refractivity (Wildman–Crippen MR) is 123 cm³/mol. The number of hydrogen-bond acceptors (Lipinski definition) is 6. The van der Waals surface area contributed by atoms with E-state index in [9.17, 15) is 4.79 Å². The number of rotatable bonds is 6. The van der Waals surface area contributed by atoms with Gasteiger partial charge in [-0.3, -0.25) is 9.78 Å². The lowest BCUT2D eigenvalue weighted by Gasteiger charge is -2.11. The van der Waals surface area contributed by atoms with Crippen LogP contribution in [0.1, 0.15) is 27.0 Å². The number of hydrogen-bond donors (Lipinski definition) is 2. The van der Waals surface area contributed by atoms with Gasteiger partial charge in [-0.25, -0.2) is 9.97 Å². The van der Waals surface area contributed by atoms with Gasteiger partial charge >= 0.3 is 0 Å². The molecule has 3 heterocycles. The number of aromatic nitrogens is 3. The van der Waals surface area contributed by atoms with E-state index in [-0.39, 0.29) is 5.91 Å². The molecule has 7 nitrogen and oxygen atoms in total. The molecule has 0 aliphatic rings. The zero-order valence-electron chi connectivity index (χ0n) is 17.5. The summed E-state index contributed by atoms with van der Waals surface area (Å²) in [6, 6.07) is 13.7. The molecule has 31 heavy (non-hydrogen) atoms. The predicted octanol–water partition coefficient (Wildman–Crippen LogP) is 3.19. The maximum absolute atomic E-state index is 12.7. The Morgan fingerprint density at radius 1 is 0.968 bits per heavy atom. The third kappa shape index (κ3) is 4.78. The van der Waals surface area contributed by atoms with Crippen molar-refractivity contribution in [3.05, 3.63) is 89.5 Å². The van der Waals surface area contributed by atoms with E-state index in [4.69, 9.17) is 5.73 Å². The van der Waals surface area contributed by atoms with Gasteiger partial charge in [-0.05, 0) is 46.3 Å². The van der Waals surface area contributed by atoms with Crippen molar-refractivity contribution in [1.29, 1.82) is 0 Å². The average molecular weight is 412 g/mol. The SMILES string of the molecule is CN(C)c1ccc(Cc2cncc(C(=O)NCc3ccc4c(N)nccc4c3)c2)cn1. The lowest BCUT2D eigenvalue weighted by atomic mass is 10.1. The fourth-order valence-corrected chi connectivity index (χ4v) is 3.38. The summed E-state index contributed by atoms with van der Waals surface area (Å²) in [5.74, 6) is 1.25. The summed E-state index contributed by atoms with van der Waals surface area (Å²) in [6.07, 6.45) is 7.55. The maximum Gasteiger partial charge on any atom is 0.253 e. The van der Waals surface area contributed by atoms with Gasteiger partial charge in [0, 0.05) is 57.2 Å². The first-order valence-electron chi connectivity index (χ1n) is 9.97. The highest BCUT2D eigenvalue weighted by molar-refractivity contribution is 5.94. The normalized spacial score (nSPS) is 10.8. The van der Waals surface area contributed by atoms with E-state index in [0.29, 0.717) is 24.3 Å². The molecule has 3 aromatic heterocycles. The Morgan fingerprint density at radius 3 is 2.58 bits per heavy atom. The fourth-order valence-electron chi connectivity index (χ4n) is 3.38. The Labute approximate surface area is 181 Å². The molecule has 156 valence electrons. The van der Waals surface area contributed by atoms with Gasteiger partial charge in [0.1, 0.15) is 11.6 Å². The van der Waals surface area contributed by atoms with E-state index in [1.54, 1.807) is 18.6 Å². The molecule has 0 radical (unpaired) electrons. The lowest BCUT2D eigenvalue weighted by molar-refractivity contribution is 0.0950. The van der Waals surface area contributed by atoms with Crippen molar-refractivity contribution in [3.8, 4) is 0 Å². The minimum atomic E-state index is -0.162. The zero-order chi connectivity index (χ0) is 21.8. The summed E-state index contributed by atoms with van der Waals surface area (Å²) >= 11 is 0. The van der Waals surface area contributed by atoms with Crippen LogP contribution < -0.4 is 16.0 Å². The van der Waals surface area contributed by atoms with Gasteiger partial charge in [-0.1, -0.05) is 18.2 Å². The van der Waals surface area contributed by atoms with Crippen molar-refractivity contribution < 1.29 is 4.79 Å². The highest BCUT2D eigenvalue weighted by Gasteiger charge is 2.09. The largest absolute Gasteiger partial charge is 0.383 e. The second-order valence-electron chi connectivity index (χ2n) is 7.61. The van der Waals surface area contributed by atoms with Gasteiger partial charge in [0.05, 0.1) is 5.56 Å². The molecule has 0 aliphatic carbocycles. The lowest BCUT2D eigenvalue weighted by Crippen LogP contribution is -2.23. The number of nitrogens with zero attached hydrogens (tertiary/aromatic N) is 4. The molecule has 0 fully saturated rings. The topological polar surface area (TPSA) is 97.0 Å². The third-order valence-electron chi connectivity index (χ3n) is 5.05. The molecule has 7 heteroatoms. The van der Waals surface area contributed by atoms with E-state index < -0.39 is 0 Å². The standard InChI is InChI=1S/C24H24N6O/c1-30(2)22-6-4-16(13-28-22)9-18-11-20(15-26-12-18)24(31)29-14-17-3-5-21-19(10-17)7-8-27-23(21)25/h3-8,10-13,15H,9,14H2,1-2H3,(H2,25,27)(H,29,31). The van der Waals surface area contributed by atoms with Gasteiger partial charge in [-0.2, -0.15) is 0 Å². The Bertz CT molecular complexity index is 1220. The molecule has 1 aromatic carbocycles. The van der Waals surface area contributed by atoms with Gasteiger partial charge < -0.3 is 16.0 Å². The molecule has 4 aromatic rings. The summed E-state index contributed by atoms with van der Waals surface area (Å²) in [4.78, 5) is 27.4. The number of nitrogens with one attached hydrogen (secondary N) is 1. The quantitative estimate of drug-likeness (QED) is 0.505. The highest BCUT2D eigenvalue weighted by atomic mass is 16.1. The average Bonchev–Trinajstić information content (AvgIpc) is 2.78. The van der Waals surface area contributed by atoms with Crippen LogP contribution in [0.15, 0.2) is 67.3 Å². The Balaban J connectivity index is 1.42. The number of nitrogen functional groups attached to an aromatic ring is 1. The number of carbonyl (C=O) groups is 1. The molecular weight excluding hydrogens is 388 g/mol. The smallest absolute Gasteiger partial charge is 0.253 e. The first-order chi connectivity index (χ1) is 15.0. The van der Waals surface area contributed by atoms with Crippen LogP contribution in [0.5, 0.6) is 0 Å². The molecule has 0 bridgehead atoms. The van der Waals surface area contributed by atoms with Crippen molar-refractivity contribution in [2.24, 2.45) is 0 Å². The van der Waals surface area contributed by atoms with E-state index in [2.05, 4.69) is 20.3 Å². The van der Waals surface area contributed by atoms with Crippen molar-refractivity contribution >= 4 is 28.3 Å². The molecule has 0 aliphatic heterocycles. The minimum Gasteiger partial charge on any atom is -0.383 e. The van der Waals surface area contributed by atoms with Crippen molar-refractivity contribution in [3.63, 3.8) is 0 Å². The second-order valence-corrected chi connectivity index (χ2v) is 7.61. The van der Waals surface area contributed by atoms with Crippen LogP contribution in [0, 0.1) is 0 Å². The van der Waals surface area contributed by atoms with Crippen molar-refractivity contribution in [2.75, 3.05) is 24.7 Å². The van der Waals surface area contributed by atoms with Gasteiger partial charge in [0.2, 0.25) is 0 Å². The van der Waals surface area contributed by atoms with Crippen LogP contribution in [0.25, 0.3) is 10.8 Å². The molecule has 0 atom stereocenters. The van der Waals surface area contributed by atoms with Gasteiger partial charge in [0.15, 0.2) is 0 Å². The van der Waals surface area contributed by atoms with Crippen LogP contribution in [-0.4, -0.2) is 35.0 Å².